The number of Topliss-reactive ketones (excluding diaryl/α,β-unsaturated/α-hetero) is 1. The molecule has 1 N–H and O–H groups in total. The van der Waals surface area contributed by atoms with Crippen LogP contribution in [0.1, 0.15) is 31.1 Å². The molecule has 1 amide bonds. The number of ketones is 1. The SMILES string of the molecule is O=C(COC(=O)c1ccccc1NC(=O)c1ccccc1)c1ccc(Br)cc1. The molecule has 0 aliphatic heterocycles. The van der Waals surface area contributed by atoms with Gasteiger partial charge in [-0.15, -0.1) is 0 Å². The topological polar surface area (TPSA) is 72.5 Å². The molecule has 3 rings (SSSR count). The third kappa shape index (κ3) is 4.92. The summed E-state index contributed by atoms with van der Waals surface area (Å²) in [6.45, 7) is -0.387. The van der Waals surface area contributed by atoms with Crippen LogP contribution in [0.5, 0.6) is 0 Å². The summed E-state index contributed by atoms with van der Waals surface area (Å²) < 4.78 is 6.00. The van der Waals surface area contributed by atoms with Crippen molar-refractivity contribution in [3.63, 3.8) is 0 Å². The van der Waals surface area contributed by atoms with Gasteiger partial charge in [0.2, 0.25) is 0 Å². The second kappa shape index (κ2) is 9.10. The smallest absolute Gasteiger partial charge is 0.340 e. The Kier molecular flexibility index (Phi) is 6.34. The molecular weight excluding hydrogens is 422 g/mol. The molecule has 0 fully saturated rings. The number of benzene rings is 3. The van der Waals surface area contributed by atoms with Gasteiger partial charge in [0.25, 0.3) is 5.91 Å². The molecule has 3 aromatic carbocycles. The average Bonchev–Trinajstić information content (AvgIpc) is 2.73. The monoisotopic (exact) mass is 437 g/mol. The van der Waals surface area contributed by atoms with Gasteiger partial charge in [0, 0.05) is 15.6 Å². The Hall–Kier alpha value is -3.25. The molecule has 28 heavy (non-hydrogen) atoms. The molecule has 0 aromatic heterocycles. The molecule has 6 heteroatoms. The van der Waals surface area contributed by atoms with Gasteiger partial charge >= 0.3 is 5.97 Å². The molecule has 0 radical (unpaired) electrons. The molecule has 0 atom stereocenters. The zero-order valence-electron chi connectivity index (χ0n) is 14.7. The summed E-state index contributed by atoms with van der Waals surface area (Å²) in [4.78, 5) is 37.0. The lowest BCUT2D eigenvalue weighted by molar-refractivity contribution is 0.0475. The number of halogens is 1. The maximum absolute atomic E-state index is 12.4. The standard InChI is InChI=1S/C22H16BrNO4/c23-17-12-10-15(11-13-17)20(25)14-28-22(27)18-8-4-5-9-19(18)24-21(26)16-6-2-1-3-7-16/h1-13H,14H2,(H,24,26). The third-order valence-electron chi connectivity index (χ3n) is 3.93. The van der Waals surface area contributed by atoms with Crippen molar-refractivity contribution in [1.29, 1.82) is 0 Å². The third-order valence-corrected chi connectivity index (χ3v) is 4.46. The number of ether oxygens (including phenoxy) is 1. The van der Waals surface area contributed by atoms with Crippen molar-refractivity contribution < 1.29 is 19.1 Å². The summed E-state index contributed by atoms with van der Waals surface area (Å²) in [5, 5.41) is 2.70. The highest BCUT2D eigenvalue weighted by atomic mass is 79.9. The lowest BCUT2D eigenvalue weighted by Crippen LogP contribution is -2.18. The largest absolute Gasteiger partial charge is 0.454 e. The molecule has 3 aromatic rings. The summed E-state index contributed by atoms with van der Waals surface area (Å²) in [7, 11) is 0. The van der Waals surface area contributed by atoms with Gasteiger partial charge in [-0.3, -0.25) is 9.59 Å². The average molecular weight is 438 g/mol. The first kappa shape index (κ1) is 19.5. The number of anilines is 1. The van der Waals surface area contributed by atoms with Gasteiger partial charge in [0.05, 0.1) is 11.3 Å². The quantitative estimate of drug-likeness (QED) is 0.446. The van der Waals surface area contributed by atoms with E-state index in [4.69, 9.17) is 4.74 Å². The van der Waals surface area contributed by atoms with Crippen molar-refractivity contribution in [2.75, 3.05) is 11.9 Å². The Labute approximate surface area is 170 Å². The van der Waals surface area contributed by atoms with E-state index in [1.807, 2.05) is 6.07 Å². The van der Waals surface area contributed by atoms with Crippen LogP contribution in [0.4, 0.5) is 5.69 Å². The van der Waals surface area contributed by atoms with Crippen LogP contribution in [-0.4, -0.2) is 24.3 Å². The molecule has 0 aliphatic carbocycles. The summed E-state index contributed by atoms with van der Waals surface area (Å²) in [5.74, 6) is -1.34. The van der Waals surface area contributed by atoms with Crippen LogP contribution >= 0.6 is 15.9 Å². The fourth-order valence-electron chi connectivity index (χ4n) is 2.48. The second-order valence-electron chi connectivity index (χ2n) is 5.87. The van der Waals surface area contributed by atoms with E-state index in [9.17, 15) is 14.4 Å². The molecule has 0 heterocycles. The molecule has 140 valence electrons. The Morgan fingerprint density at radius 3 is 2.14 bits per heavy atom. The van der Waals surface area contributed by atoms with Crippen LogP contribution in [0.15, 0.2) is 83.3 Å². The number of amides is 1. The van der Waals surface area contributed by atoms with E-state index < -0.39 is 5.97 Å². The molecule has 0 bridgehead atoms. The van der Waals surface area contributed by atoms with Gasteiger partial charge < -0.3 is 10.1 Å². The number of carbonyl (C=O) groups excluding carboxylic acids is 3. The van der Waals surface area contributed by atoms with Gasteiger partial charge in [-0.2, -0.15) is 0 Å². The van der Waals surface area contributed by atoms with Crippen molar-refractivity contribution in [3.8, 4) is 0 Å². The predicted molar refractivity (Wildman–Crippen MR) is 110 cm³/mol. The maximum atomic E-state index is 12.4. The van der Waals surface area contributed by atoms with Crippen LogP contribution in [-0.2, 0) is 4.74 Å². The van der Waals surface area contributed by atoms with Gasteiger partial charge in [0.1, 0.15) is 0 Å². The minimum absolute atomic E-state index is 0.176. The lowest BCUT2D eigenvalue weighted by Gasteiger charge is -2.11. The van der Waals surface area contributed by atoms with Crippen LogP contribution in [0, 0.1) is 0 Å². The van der Waals surface area contributed by atoms with E-state index in [0.717, 1.165) is 4.47 Å². The van der Waals surface area contributed by atoms with Gasteiger partial charge in [-0.1, -0.05) is 58.4 Å². The highest BCUT2D eigenvalue weighted by molar-refractivity contribution is 9.10. The van der Waals surface area contributed by atoms with E-state index in [0.29, 0.717) is 16.8 Å². The summed E-state index contributed by atoms with van der Waals surface area (Å²) in [6.07, 6.45) is 0. The zero-order valence-corrected chi connectivity index (χ0v) is 16.3. The highest BCUT2D eigenvalue weighted by Crippen LogP contribution is 2.18. The molecule has 5 nitrogen and oxygen atoms in total. The number of nitrogens with one attached hydrogen (secondary N) is 1. The zero-order chi connectivity index (χ0) is 19.9. The van der Waals surface area contributed by atoms with Crippen molar-refractivity contribution in [1.82, 2.24) is 0 Å². The first-order valence-electron chi connectivity index (χ1n) is 8.46. The number of rotatable bonds is 6. The Morgan fingerprint density at radius 2 is 1.43 bits per heavy atom. The Morgan fingerprint density at radius 1 is 0.786 bits per heavy atom. The summed E-state index contributed by atoms with van der Waals surface area (Å²) >= 11 is 3.30. The van der Waals surface area contributed by atoms with E-state index >= 15 is 0 Å². The van der Waals surface area contributed by atoms with Crippen LogP contribution in [0.25, 0.3) is 0 Å². The summed E-state index contributed by atoms with van der Waals surface area (Å²) in [5.41, 5.74) is 1.41. The lowest BCUT2D eigenvalue weighted by atomic mass is 10.1. The number of carbonyl (C=O) groups is 3. The Balaban J connectivity index is 1.68. The Bertz CT molecular complexity index is 1000. The fraction of sp³-hybridized carbons (Fsp3) is 0.0455. The highest BCUT2D eigenvalue weighted by Gasteiger charge is 2.17. The van der Waals surface area contributed by atoms with Crippen molar-refractivity contribution in [2.45, 2.75) is 0 Å². The molecule has 0 spiro atoms. The molecule has 0 aliphatic rings. The second-order valence-corrected chi connectivity index (χ2v) is 6.79. The van der Waals surface area contributed by atoms with Crippen LogP contribution in [0.2, 0.25) is 0 Å². The van der Waals surface area contributed by atoms with Crippen molar-refractivity contribution >= 4 is 39.3 Å². The molecule has 0 saturated carbocycles. The molecular formula is C22H16BrNO4. The summed E-state index contributed by atoms with van der Waals surface area (Å²) in [6, 6.07) is 21.9. The normalized spacial score (nSPS) is 10.2. The van der Waals surface area contributed by atoms with Crippen LogP contribution in [0.3, 0.4) is 0 Å². The van der Waals surface area contributed by atoms with Crippen molar-refractivity contribution in [3.05, 3.63) is 100 Å². The number of hydrogen-bond donors (Lipinski definition) is 1. The van der Waals surface area contributed by atoms with E-state index in [1.165, 1.54) is 6.07 Å². The van der Waals surface area contributed by atoms with Gasteiger partial charge in [0.15, 0.2) is 12.4 Å². The molecule has 0 saturated heterocycles. The van der Waals surface area contributed by atoms with Gasteiger partial charge in [-0.05, 0) is 36.4 Å². The van der Waals surface area contributed by atoms with E-state index in [1.54, 1.807) is 66.7 Å². The van der Waals surface area contributed by atoms with Crippen molar-refractivity contribution in [2.24, 2.45) is 0 Å². The minimum atomic E-state index is -0.686. The number of esters is 1. The van der Waals surface area contributed by atoms with Crippen LogP contribution < -0.4 is 5.32 Å². The minimum Gasteiger partial charge on any atom is -0.454 e. The number of hydrogen-bond acceptors (Lipinski definition) is 4. The van der Waals surface area contributed by atoms with Gasteiger partial charge in [-0.25, -0.2) is 4.79 Å². The first-order valence-corrected chi connectivity index (χ1v) is 9.25. The van der Waals surface area contributed by atoms with E-state index in [2.05, 4.69) is 21.2 Å². The van der Waals surface area contributed by atoms with E-state index in [-0.39, 0.29) is 23.9 Å². The fourth-order valence-corrected chi connectivity index (χ4v) is 2.75. The maximum Gasteiger partial charge on any atom is 0.340 e. The number of para-hydroxylation sites is 1. The molecule has 0 unspecified atom stereocenters. The first-order chi connectivity index (χ1) is 13.5. The predicted octanol–water partition coefficient (Wildman–Crippen LogP) is 4.74.